The minimum absolute atomic E-state index is 0.0512. The van der Waals surface area contributed by atoms with Crippen molar-refractivity contribution in [3.63, 3.8) is 0 Å². The molecule has 0 saturated carbocycles. The van der Waals surface area contributed by atoms with Crippen LogP contribution in [0.4, 0.5) is 4.39 Å². The number of carbonyl (C=O) groups excluding carboxylic acids is 1. The van der Waals surface area contributed by atoms with Gasteiger partial charge in [0.25, 0.3) is 5.56 Å². The standard InChI is InChI=1S/C20H21BFN3O3/c1-11(26)28-10-14-15(21)5-6-23-18(14)25-19(27)17-12(9-24-25)7-13(8-16(17)22)20(2,3)4/h5-9H,10,21H2,1-4H3. The van der Waals surface area contributed by atoms with E-state index in [9.17, 15) is 14.0 Å². The number of ether oxygens (including phenoxy) is 1. The van der Waals surface area contributed by atoms with Crippen LogP contribution in [-0.2, 0) is 21.6 Å². The summed E-state index contributed by atoms with van der Waals surface area (Å²) in [5.41, 5.74) is 1.22. The molecule has 3 aromatic rings. The molecule has 144 valence electrons. The van der Waals surface area contributed by atoms with Crippen LogP contribution in [0.3, 0.4) is 0 Å². The van der Waals surface area contributed by atoms with Gasteiger partial charge in [-0.05, 0) is 29.2 Å². The number of pyridine rings is 1. The van der Waals surface area contributed by atoms with Gasteiger partial charge in [0.05, 0.1) is 11.6 Å². The van der Waals surface area contributed by atoms with Crippen molar-refractivity contribution in [2.75, 3.05) is 0 Å². The summed E-state index contributed by atoms with van der Waals surface area (Å²) in [6, 6.07) is 4.91. The summed E-state index contributed by atoms with van der Waals surface area (Å²) in [7, 11) is 1.81. The molecule has 0 spiro atoms. The van der Waals surface area contributed by atoms with Crippen molar-refractivity contribution in [1.29, 1.82) is 0 Å². The van der Waals surface area contributed by atoms with Gasteiger partial charge in [0.15, 0.2) is 5.82 Å². The minimum Gasteiger partial charge on any atom is -0.461 e. The van der Waals surface area contributed by atoms with Crippen molar-refractivity contribution in [1.82, 2.24) is 14.8 Å². The lowest BCUT2D eigenvalue weighted by Gasteiger charge is -2.20. The first-order valence-corrected chi connectivity index (χ1v) is 8.90. The van der Waals surface area contributed by atoms with Crippen LogP contribution in [0.5, 0.6) is 0 Å². The van der Waals surface area contributed by atoms with Gasteiger partial charge >= 0.3 is 5.97 Å². The van der Waals surface area contributed by atoms with E-state index in [4.69, 9.17) is 4.74 Å². The Kier molecular flexibility index (Phi) is 5.06. The van der Waals surface area contributed by atoms with Gasteiger partial charge < -0.3 is 4.74 Å². The van der Waals surface area contributed by atoms with Crippen LogP contribution in [0.1, 0.15) is 38.8 Å². The monoisotopic (exact) mass is 381 g/mol. The molecule has 28 heavy (non-hydrogen) atoms. The summed E-state index contributed by atoms with van der Waals surface area (Å²) in [6.07, 6.45) is 2.98. The lowest BCUT2D eigenvalue weighted by molar-refractivity contribution is -0.142. The van der Waals surface area contributed by atoms with Crippen LogP contribution in [0.15, 0.2) is 35.4 Å². The van der Waals surface area contributed by atoms with Crippen LogP contribution < -0.4 is 11.0 Å². The van der Waals surface area contributed by atoms with E-state index in [0.717, 1.165) is 15.7 Å². The topological polar surface area (TPSA) is 74.1 Å². The number of halogens is 1. The SMILES string of the molecule is Bc1ccnc(-n2ncc3cc(C(C)(C)C)cc(F)c3c2=O)c1COC(C)=O. The minimum atomic E-state index is -0.613. The number of fused-ring (bicyclic) bond motifs is 1. The first-order chi connectivity index (χ1) is 13.1. The van der Waals surface area contributed by atoms with Crippen LogP contribution in [0, 0.1) is 5.82 Å². The van der Waals surface area contributed by atoms with Gasteiger partial charge in [-0.2, -0.15) is 9.78 Å². The molecule has 0 aliphatic heterocycles. The summed E-state index contributed by atoms with van der Waals surface area (Å²) >= 11 is 0. The molecule has 0 saturated heterocycles. The van der Waals surface area contributed by atoms with E-state index >= 15 is 0 Å². The molecule has 0 N–H and O–H groups in total. The largest absolute Gasteiger partial charge is 0.461 e. The van der Waals surface area contributed by atoms with Crippen molar-refractivity contribution < 1.29 is 13.9 Å². The third-order valence-corrected chi connectivity index (χ3v) is 4.59. The Bertz CT molecular complexity index is 1140. The van der Waals surface area contributed by atoms with Crippen molar-refractivity contribution >= 4 is 30.1 Å². The van der Waals surface area contributed by atoms with E-state index in [1.807, 2.05) is 28.6 Å². The Hall–Kier alpha value is -3.03. The summed E-state index contributed by atoms with van der Waals surface area (Å²) in [5, 5.41) is 4.58. The van der Waals surface area contributed by atoms with Crippen molar-refractivity contribution in [3.8, 4) is 5.82 Å². The maximum Gasteiger partial charge on any atom is 0.302 e. The molecule has 0 bridgehead atoms. The predicted octanol–water partition coefficient (Wildman–Crippen LogP) is 1.54. The fourth-order valence-electron chi connectivity index (χ4n) is 2.93. The van der Waals surface area contributed by atoms with Crippen molar-refractivity contribution in [2.45, 2.75) is 39.7 Å². The molecule has 2 heterocycles. The van der Waals surface area contributed by atoms with Gasteiger partial charge in [0.2, 0.25) is 0 Å². The number of carbonyl (C=O) groups is 1. The lowest BCUT2D eigenvalue weighted by Crippen LogP contribution is -2.27. The first-order valence-electron chi connectivity index (χ1n) is 8.90. The van der Waals surface area contributed by atoms with E-state index in [1.165, 1.54) is 25.4 Å². The number of nitrogens with zero attached hydrogens (tertiary/aromatic N) is 3. The Labute approximate surface area is 162 Å². The lowest BCUT2D eigenvalue weighted by atomic mass is 9.86. The van der Waals surface area contributed by atoms with Gasteiger partial charge in [-0.3, -0.25) is 9.59 Å². The molecule has 6 nitrogen and oxygen atoms in total. The van der Waals surface area contributed by atoms with Crippen LogP contribution in [0.2, 0.25) is 0 Å². The predicted molar refractivity (Wildman–Crippen MR) is 107 cm³/mol. The highest BCUT2D eigenvalue weighted by molar-refractivity contribution is 6.33. The molecular weight excluding hydrogens is 360 g/mol. The second kappa shape index (κ2) is 7.18. The Morgan fingerprint density at radius 1 is 1.32 bits per heavy atom. The molecule has 0 unspecified atom stereocenters. The molecule has 3 rings (SSSR count). The normalized spacial score (nSPS) is 11.6. The van der Waals surface area contributed by atoms with Crippen molar-refractivity contribution in [2.24, 2.45) is 0 Å². The smallest absolute Gasteiger partial charge is 0.302 e. The molecule has 8 heteroatoms. The molecular formula is C20H21BFN3O3. The summed E-state index contributed by atoms with van der Waals surface area (Å²) in [6.45, 7) is 7.16. The highest BCUT2D eigenvalue weighted by Gasteiger charge is 2.20. The molecule has 0 aliphatic carbocycles. The average Bonchev–Trinajstić information content (AvgIpc) is 2.59. The third kappa shape index (κ3) is 3.67. The third-order valence-electron chi connectivity index (χ3n) is 4.59. The maximum atomic E-state index is 14.8. The number of hydrogen-bond donors (Lipinski definition) is 0. The molecule has 0 aliphatic rings. The molecule has 0 radical (unpaired) electrons. The summed E-state index contributed by atoms with van der Waals surface area (Å²) in [4.78, 5) is 28.5. The fourth-order valence-corrected chi connectivity index (χ4v) is 2.93. The van der Waals surface area contributed by atoms with E-state index in [0.29, 0.717) is 10.9 Å². The maximum absolute atomic E-state index is 14.8. The summed E-state index contributed by atoms with van der Waals surface area (Å²) < 4.78 is 21.0. The number of esters is 1. The van der Waals surface area contributed by atoms with Gasteiger partial charge in [-0.15, -0.1) is 0 Å². The van der Waals surface area contributed by atoms with Gasteiger partial charge in [-0.1, -0.05) is 26.2 Å². The number of rotatable bonds is 3. The fraction of sp³-hybridized carbons (Fsp3) is 0.300. The first kappa shape index (κ1) is 19.7. The van der Waals surface area contributed by atoms with Crippen LogP contribution in [-0.4, -0.2) is 28.6 Å². The zero-order valence-electron chi connectivity index (χ0n) is 16.5. The van der Waals surface area contributed by atoms with E-state index < -0.39 is 17.3 Å². The highest BCUT2D eigenvalue weighted by atomic mass is 19.1. The van der Waals surface area contributed by atoms with E-state index in [-0.39, 0.29) is 23.2 Å². The molecule has 2 aromatic heterocycles. The average molecular weight is 381 g/mol. The molecule has 0 amide bonds. The Morgan fingerprint density at radius 2 is 2.04 bits per heavy atom. The highest BCUT2D eigenvalue weighted by Crippen LogP contribution is 2.26. The zero-order chi connectivity index (χ0) is 20.6. The van der Waals surface area contributed by atoms with Gasteiger partial charge in [0.1, 0.15) is 20.3 Å². The van der Waals surface area contributed by atoms with Crippen LogP contribution in [0.25, 0.3) is 16.6 Å². The van der Waals surface area contributed by atoms with Crippen LogP contribution >= 0.6 is 0 Å². The van der Waals surface area contributed by atoms with Gasteiger partial charge in [-0.25, -0.2) is 9.37 Å². The Morgan fingerprint density at radius 3 is 2.68 bits per heavy atom. The quantitative estimate of drug-likeness (QED) is 0.508. The number of benzene rings is 1. The number of hydrogen-bond acceptors (Lipinski definition) is 5. The van der Waals surface area contributed by atoms with Gasteiger partial charge in [0, 0.05) is 24.1 Å². The molecule has 1 aromatic carbocycles. The second-order valence-electron chi connectivity index (χ2n) is 7.74. The van der Waals surface area contributed by atoms with E-state index in [1.54, 1.807) is 12.1 Å². The molecule has 0 atom stereocenters. The number of aromatic nitrogens is 3. The van der Waals surface area contributed by atoms with E-state index in [2.05, 4.69) is 10.1 Å². The Balaban J connectivity index is 2.23. The summed E-state index contributed by atoms with van der Waals surface area (Å²) in [5.74, 6) is -0.834. The molecule has 0 fully saturated rings. The van der Waals surface area contributed by atoms with Crippen molar-refractivity contribution in [3.05, 3.63) is 57.9 Å². The zero-order valence-corrected chi connectivity index (χ0v) is 16.5. The second-order valence-corrected chi connectivity index (χ2v) is 7.74.